The Labute approximate surface area is 489 Å². The van der Waals surface area contributed by atoms with Crippen LogP contribution in [0.2, 0.25) is 0 Å². The number of fused-ring (bicyclic) bond motifs is 8. The van der Waals surface area contributed by atoms with Gasteiger partial charge in [-0.3, -0.25) is 47.8 Å². The smallest absolute Gasteiger partial charge is 0.288 e. The van der Waals surface area contributed by atoms with E-state index < -0.39 is 69.1 Å². The third-order valence-corrected chi connectivity index (χ3v) is 16.4. The van der Waals surface area contributed by atoms with Gasteiger partial charge in [-0.05, 0) is 104 Å². The summed E-state index contributed by atoms with van der Waals surface area (Å²) < 4.78 is 60.8. The summed E-state index contributed by atoms with van der Waals surface area (Å²) in [6, 6.07) is 22.8. The molecule has 24 nitrogen and oxygen atoms in total. The lowest BCUT2D eigenvalue weighted by molar-refractivity contribution is -0.137. The minimum Gasteiger partial charge on any atom is -0.493 e. The number of anilines is 5. The number of methoxy groups -OCH3 is 2. The molecule has 0 spiro atoms. The monoisotopic (exact) mass is 1180 g/mol. The Kier molecular flexibility index (Phi) is 17.1. The fourth-order valence-corrected chi connectivity index (χ4v) is 12.0. The number of hydrogen-bond donors (Lipinski definition) is 7. The molecule has 5 aliphatic heterocycles. The molecular weight excluding hydrogens is 1120 g/mol. The highest BCUT2D eigenvalue weighted by Crippen LogP contribution is 2.44. The molecule has 0 saturated carbocycles. The maximum absolute atomic E-state index is 14.3. The second kappa shape index (κ2) is 24.8. The first-order valence-corrected chi connectivity index (χ1v) is 29.1. The van der Waals surface area contributed by atoms with Gasteiger partial charge in [0, 0.05) is 73.8 Å². The van der Waals surface area contributed by atoms with Crippen molar-refractivity contribution in [1.29, 1.82) is 0 Å². The van der Waals surface area contributed by atoms with E-state index in [1.807, 2.05) is 29.2 Å². The number of benzene rings is 5. The number of para-hydroxylation sites is 2. The molecule has 0 saturated heterocycles. The van der Waals surface area contributed by atoms with Gasteiger partial charge in [-0.1, -0.05) is 36.4 Å². The molecule has 5 aliphatic rings. The van der Waals surface area contributed by atoms with Gasteiger partial charge >= 0.3 is 0 Å². The van der Waals surface area contributed by atoms with Crippen molar-refractivity contribution >= 4 is 85.8 Å². The Bertz CT molecular complexity index is 3670. The third-order valence-electron chi connectivity index (χ3n) is 15.3. The first kappa shape index (κ1) is 58.7. The first-order valence-electron chi connectivity index (χ1n) is 27.6. The van der Waals surface area contributed by atoms with Gasteiger partial charge in [-0.25, -0.2) is 0 Å². The van der Waals surface area contributed by atoms with Crippen LogP contribution in [-0.4, -0.2) is 129 Å². The van der Waals surface area contributed by atoms with E-state index in [1.54, 1.807) is 54.6 Å². The zero-order valence-corrected chi connectivity index (χ0v) is 47.7. The number of rotatable bonds is 22. The number of nitrogens with zero attached hydrogens (tertiary/aromatic N) is 3. The van der Waals surface area contributed by atoms with Crippen molar-refractivity contribution in [3.8, 4) is 23.0 Å². The fraction of sp³-hybridized carbons (Fsp3) is 0.333. The number of carbonyl (C=O) groups excluding carboxylic acids is 8. The molecule has 5 aromatic carbocycles. The van der Waals surface area contributed by atoms with Crippen molar-refractivity contribution in [3.63, 3.8) is 0 Å². The van der Waals surface area contributed by atoms with Crippen LogP contribution in [0.1, 0.15) is 82.5 Å². The summed E-state index contributed by atoms with van der Waals surface area (Å²) in [4.78, 5) is 108. The molecule has 25 heteroatoms. The van der Waals surface area contributed by atoms with E-state index in [9.17, 15) is 51.3 Å². The maximum Gasteiger partial charge on any atom is 0.288 e. The molecular formula is C60H63N9O15S. The molecule has 5 heterocycles. The van der Waals surface area contributed by atoms with E-state index in [1.165, 1.54) is 45.1 Å². The van der Waals surface area contributed by atoms with Gasteiger partial charge in [0.1, 0.15) is 25.3 Å². The van der Waals surface area contributed by atoms with Gasteiger partial charge in [0.05, 0.1) is 48.8 Å². The number of carbonyl (C=O) groups is 8. The highest BCUT2D eigenvalue weighted by Gasteiger charge is 2.47. The van der Waals surface area contributed by atoms with Crippen LogP contribution in [0.4, 0.5) is 28.4 Å². The van der Waals surface area contributed by atoms with Crippen molar-refractivity contribution in [2.45, 2.75) is 95.1 Å². The minimum atomic E-state index is -4.79. The number of amides is 8. The third kappa shape index (κ3) is 12.7. The number of unbranched alkanes of at least 4 members (excludes halogenated alkanes) is 1. The van der Waals surface area contributed by atoms with Crippen molar-refractivity contribution in [2.75, 3.05) is 59.6 Å². The van der Waals surface area contributed by atoms with Crippen molar-refractivity contribution in [3.05, 3.63) is 137 Å². The van der Waals surface area contributed by atoms with Crippen molar-refractivity contribution in [2.24, 2.45) is 0 Å². The zero-order chi connectivity index (χ0) is 60.3. The van der Waals surface area contributed by atoms with Crippen LogP contribution in [-0.2, 0) is 64.9 Å². The topological polar surface area (TPSA) is 310 Å². The molecule has 0 unspecified atom stereocenters. The molecule has 85 heavy (non-hydrogen) atoms. The predicted molar refractivity (Wildman–Crippen MR) is 311 cm³/mol. The molecule has 0 aromatic heterocycles. The summed E-state index contributed by atoms with van der Waals surface area (Å²) >= 11 is 0. The summed E-state index contributed by atoms with van der Waals surface area (Å²) in [7, 11) is -1.95. The van der Waals surface area contributed by atoms with Crippen LogP contribution in [0.15, 0.2) is 103 Å². The predicted octanol–water partition coefficient (Wildman–Crippen LogP) is 4.62. The van der Waals surface area contributed by atoms with E-state index in [2.05, 4.69) is 31.9 Å². The Morgan fingerprint density at radius 2 is 1.22 bits per heavy atom. The average molecular weight is 1180 g/mol. The minimum absolute atomic E-state index is 0.0128. The van der Waals surface area contributed by atoms with Crippen LogP contribution in [0.3, 0.4) is 0 Å². The highest BCUT2D eigenvalue weighted by molar-refractivity contribution is 7.86. The standard InChI is InChI=1S/C60H63N9O15S/c1-33(63-53(71)16-10-9-15-52(70)61-19-20-67-54(72)17-18-55(67)73)56(74)64-34(2)57(75)65-39-22-35(31-83-50-28-43-41(26-48(50)81-3)59(76)68-40(30-62-43)24-37-11-5-7-13-45(37)68)21-36(23-39)32-84-51-29-44-42(27-49(51)82-4)60(77)69-46-14-8-6-12-38(46)25-47(69)58(66-44)85(78,79)80/h5-8,11-14,17-18,21-23,26-29,33-34,40,47,58,62,66H,9-10,15-16,19-20,24-25,30-32H2,1-4H3,(H,61,70)(H,63,71)(H,64,74)(H,65,75)(H,78,79,80)/t33-,34-,40-,47-,58-/m0/s1. The molecule has 0 fully saturated rings. The molecule has 10 rings (SSSR count). The molecule has 5 aromatic rings. The van der Waals surface area contributed by atoms with Crippen molar-refractivity contribution in [1.82, 2.24) is 20.9 Å². The van der Waals surface area contributed by atoms with Gasteiger partial charge in [0.2, 0.25) is 23.6 Å². The quantitative estimate of drug-likeness (QED) is 0.0282. The van der Waals surface area contributed by atoms with E-state index in [0.29, 0.717) is 59.6 Å². The Morgan fingerprint density at radius 1 is 0.671 bits per heavy atom. The van der Waals surface area contributed by atoms with Gasteiger partial charge < -0.3 is 60.6 Å². The molecule has 8 amide bonds. The largest absolute Gasteiger partial charge is 0.493 e. The Balaban J connectivity index is 0.829. The lowest BCUT2D eigenvalue weighted by Crippen LogP contribution is -2.50. The van der Waals surface area contributed by atoms with Gasteiger partial charge in [0.25, 0.3) is 33.7 Å². The normalized spacial score (nSPS) is 17.9. The average Bonchev–Trinajstić information content (AvgIpc) is 2.20. The van der Waals surface area contributed by atoms with Crippen LogP contribution in [0, 0.1) is 0 Å². The Hall–Kier alpha value is -9.49. The van der Waals surface area contributed by atoms with Crippen LogP contribution < -0.4 is 60.6 Å². The Morgan fingerprint density at radius 3 is 1.85 bits per heavy atom. The number of nitrogens with one attached hydrogen (secondary N) is 6. The van der Waals surface area contributed by atoms with Crippen molar-refractivity contribution < 1.29 is 70.3 Å². The van der Waals surface area contributed by atoms with Gasteiger partial charge in [0.15, 0.2) is 28.4 Å². The lowest BCUT2D eigenvalue weighted by atomic mass is 10.1. The van der Waals surface area contributed by atoms with E-state index in [0.717, 1.165) is 33.9 Å². The summed E-state index contributed by atoms with van der Waals surface area (Å²) in [5.41, 5.74) is 5.52. The maximum atomic E-state index is 14.3. The fourth-order valence-electron chi connectivity index (χ4n) is 11.1. The second-order valence-corrected chi connectivity index (χ2v) is 22.7. The number of hydrogen-bond acceptors (Lipinski definition) is 16. The van der Waals surface area contributed by atoms with Gasteiger partial charge in [-0.2, -0.15) is 8.42 Å². The van der Waals surface area contributed by atoms with Gasteiger partial charge in [-0.15, -0.1) is 0 Å². The number of imide groups is 1. The lowest BCUT2D eigenvalue weighted by Gasteiger charge is -2.27. The molecule has 5 atom stereocenters. The molecule has 0 aliphatic carbocycles. The molecule has 0 radical (unpaired) electrons. The van der Waals surface area contributed by atoms with Crippen LogP contribution >= 0.6 is 0 Å². The van der Waals surface area contributed by atoms with E-state index >= 15 is 0 Å². The highest BCUT2D eigenvalue weighted by atomic mass is 32.2. The number of ether oxygens (including phenoxy) is 4. The van der Waals surface area contributed by atoms with Crippen LogP contribution in [0.5, 0.6) is 23.0 Å². The molecule has 0 bridgehead atoms. The summed E-state index contributed by atoms with van der Waals surface area (Å²) in [5.74, 6) is -2.82. The zero-order valence-electron chi connectivity index (χ0n) is 46.9. The second-order valence-electron chi connectivity index (χ2n) is 21.1. The molecule has 7 N–H and O–H groups in total. The summed E-state index contributed by atoms with van der Waals surface area (Å²) in [5, 5.41) is 15.4. The van der Waals surface area contributed by atoms with E-state index in [-0.39, 0.29) is 97.6 Å². The summed E-state index contributed by atoms with van der Waals surface area (Å²) in [6.45, 7) is 3.23. The molecule has 444 valence electrons. The SMILES string of the molecule is COc1cc2c(cc1OCc1cc(COc3cc4c(cc3OC)C(=O)N3c5ccccc5C[C@H]3[C@H](S(=O)(=O)O)N4)cc(NC(=O)[C@H](C)NC(=O)[C@H](C)NC(=O)CCCCC(=O)NCCN3C(=O)C=CC3=O)c1)NC[C@@H]1Cc3ccccc3N1C2=O. The first-order chi connectivity index (χ1) is 40.8. The van der Waals surface area contributed by atoms with E-state index in [4.69, 9.17) is 18.9 Å². The van der Waals surface area contributed by atoms with Crippen LogP contribution in [0.25, 0.3) is 0 Å². The summed E-state index contributed by atoms with van der Waals surface area (Å²) in [6.07, 6.45) is 3.97.